The number of carbonyl (C=O) groups excluding carboxylic acids is 1. The molecule has 0 rings (SSSR count). The van der Waals surface area contributed by atoms with E-state index in [1.807, 2.05) is 14.0 Å². The zero-order valence-electron chi connectivity index (χ0n) is 11.4. The predicted octanol–water partition coefficient (Wildman–Crippen LogP) is 1.26. The van der Waals surface area contributed by atoms with Crippen molar-refractivity contribution in [2.45, 2.75) is 45.4 Å². The van der Waals surface area contributed by atoms with Crippen molar-refractivity contribution in [2.75, 3.05) is 26.7 Å². The van der Waals surface area contributed by atoms with Gasteiger partial charge in [-0.25, -0.2) is 0 Å². The number of hydrogen-bond acceptors (Lipinski definition) is 3. The van der Waals surface area contributed by atoms with Crippen molar-refractivity contribution in [1.82, 2.24) is 10.6 Å². The van der Waals surface area contributed by atoms with E-state index < -0.39 is 0 Å². The minimum absolute atomic E-state index is 0.124. The molecule has 0 spiro atoms. The Balaban J connectivity index is 3.37. The van der Waals surface area contributed by atoms with Crippen molar-refractivity contribution in [2.24, 2.45) is 11.7 Å². The van der Waals surface area contributed by atoms with Gasteiger partial charge in [0.2, 0.25) is 5.91 Å². The van der Waals surface area contributed by atoms with E-state index in [1.165, 1.54) is 12.8 Å². The second kappa shape index (κ2) is 11.9. The number of carbonyl (C=O) groups is 1. The van der Waals surface area contributed by atoms with Crippen LogP contribution < -0.4 is 16.4 Å². The summed E-state index contributed by atoms with van der Waals surface area (Å²) >= 11 is 0. The van der Waals surface area contributed by atoms with E-state index >= 15 is 0 Å². The molecule has 0 unspecified atom stereocenters. The van der Waals surface area contributed by atoms with Crippen LogP contribution in [0.1, 0.15) is 45.4 Å². The van der Waals surface area contributed by atoms with Gasteiger partial charge in [0.05, 0.1) is 0 Å². The van der Waals surface area contributed by atoms with Gasteiger partial charge in [-0.1, -0.05) is 19.8 Å². The molecule has 102 valence electrons. The van der Waals surface area contributed by atoms with Crippen LogP contribution in [0.15, 0.2) is 0 Å². The summed E-state index contributed by atoms with van der Waals surface area (Å²) in [6.07, 6.45) is 6.43. The summed E-state index contributed by atoms with van der Waals surface area (Å²) in [6.45, 7) is 4.58. The Bertz CT molecular complexity index is 186. The predicted molar refractivity (Wildman–Crippen MR) is 72.9 cm³/mol. The average Bonchev–Trinajstić information content (AvgIpc) is 2.33. The quantitative estimate of drug-likeness (QED) is 0.479. The highest BCUT2D eigenvalue weighted by Gasteiger charge is 2.10. The van der Waals surface area contributed by atoms with Crippen molar-refractivity contribution in [3.63, 3.8) is 0 Å². The molecule has 0 saturated heterocycles. The zero-order valence-corrected chi connectivity index (χ0v) is 11.4. The molecule has 0 bridgehead atoms. The largest absolute Gasteiger partial charge is 0.356 e. The summed E-state index contributed by atoms with van der Waals surface area (Å²) in [5.74, 6) is 0.314. The fourth-order valence-corrected chi connectivity index (χ4v) is 1.72. The van der Waals surface area contributed by atoms with Gasteiger partial charge in [0, 0.05) is 12.5 Å². The molecule has 17 heavy (non-hydrogen) atoms. The average molecular weight is 243 g/mol. The number of nitrogens with two attached hydrogens (primary N) is 1. The maximum atomic E-state index is 11.7. The molecule has 1 amide bonds. The molecule has 0 radical (unpaired) electrons. The van der Waals surface area contributed by atoms with Crippen molar-refractivity contribution < 1.29 is 4.79 Å². The molecule has 0 fully saturated rings. The van der Waals surface area contributed by atoms with E-state index in [0.29, 0.717) is 0 Å². The standard InChI is InChI=1S/C13H29N3O/c1-12(8-4-5-9-14)13(17)16-11-7-3-6-10-15-2/h12,15H,3-11,14H2,1-2H3,(H,16,17)/t12-/m1/s1. The summed E-state index contributed by atoms with van der Waals surface area (Å²) in [7, 11) is 1.96. The highest BCUT2D eigenvalue weighted by atomic mass is 16.1. The summed E-state index contributed by atoms with van der Waals surface area (Å²) in [4.78, 5) is 11.7. The lowest BCUT2D eigenvalue weighted by atomic mass is 10.0. The number of nitrogens with one attached hydrogen (secondary N) is 2. The van der Waals surface area contributed by atoms with Crippen LogP contribution >= 0.6 is 0 Å². The molecule has 0 aromatic heterocycles. The third-order valence-electron chi connectivity index (χ3n) is 2.94. The lowest BCUT2D eigenvalue weighted by Crippen LogP contribution is -2.30. The van der Waals surface area contributed by atoms with E-state index in [9.17, 15) is 4.79 Å². The second-order valence-corrected chi connectivity index (χ2v) is 4.64. The summed E-state index contributed by atoms with van der Waals surface area (Å²) in [5.41, 5.74) is 5.42. The van der Waals surface area contributed by atoms with Crippen LogP contribution in [0.2, 0.25) is 0 Å². The summed E-state index contributed by atoms with van der Waals surface area (Å²) < 4.78 is 0. The van der Waals surface area contributed by atoms with E-state index in [2.05, 4.69) is 10.6 Å². The lowest BCUT2D eigenvalue weighted by molar-refractivity contribution is -0.124. The van der Waals surface area contributed by atoms with Crippen LogP contribution in [0, 0.1) is 5.92 Å². The molecule has 4 N–H and O–H groups in total. The van der Waals surface area contributed by atoms with E-state index in [1.54, 1.807) is 0 Å². The Morgan fingerprint density at radius 2 is 1.82 bits per heavy atom. The maximum Gasteiger partial charge on any atom is 0.222 e. The van der Waals surface area contributed by atoms with E-state index in [-0.39, 0.29) is 11.8 Å². The molecule has 4 nitrogen and oxygen atoms in total. The number of unbranched alkanes of at least 4 members (excludes halogenated alkanes) is 3. The van der Waals surface area contributed by atoms with Crippen LogP contribution in [0.25, 0.3) is 0 Å². The molecule has 4 heteroatoms. The Morgan fingerprint density at radius 1 is 1.12 bits per heavy atom. The van der Waals surface area contributed by atoms with Crippen molar-refractivity contribution in [3.05, 3.63) is 0 Å². The molecule has 1 atom stereocenters. The number of rotatable bonds is 11. The molecular weight excluding hydrogens is 214 g/mol. The smallest absolute Gasteiger partial charge is 0.222 e. The summed E-state index contributed by atoms with van der Waals surface area (Å²) in [6, 6.07) is 0. The van der Waals surface area contributed by atoms with Crippen LogP contribution in [-0.4, -0.2) is 32.6 Å². The Kier molecular flexibility index (Phi) is 11.4. The molecule has 0 aliphatic rings. The first-order valence-electron chi connectivity index (χ1n) is 6.84. The molecule has 0 aromatic carbocycles. The zero-order chi connectivity index (χ0) is 12.9. The van der Waals surface area contributed by atoms with Gasteiger partial charge < -0.3 is 16.4 Å². The van der Waals surface area contributed by atoms with E-state index in [0.717, 1.165) is 45.3 Å². The Morgan fingerprint density at radius 3 is 2.47 bits per heavy atom. The molecule has 0 aliphatic heterocycles. The van der Waals surface area contributed by atoms with Crippen LogP contribution in [-0.2, 0) is 4.79 Å². The van der Waals surface area contributed by atoms with Gasteiger partial charge in [-0.15, -0.1) is 0 Å². The molecule has 0 aromatic rings. The fraction of sp³-hybridized carbons (Fsp3) is 0.923. The van der Waals surface area contributed by atoms with E-state index in [4.69, 9.17) is 5.73 Å². The maximum absolute atomic E-state index is 11.7. The second-order valence-electron chi connectivity index (χ2n) is 4.64. The first kappa shape index (κ1) is 16.4. The Hall–Kier alpha value is -0.610. The van der Waals surface area contributed by atoms with Gasteiger partial charge in [-0.3, -0.25) is 4.79 Å². The molecule has 0 heterocycles. The molecule has 0 saturated carbocycles. The summed E-state index contributed by atoms with van der Waals surface area (Å²) in [5, 5.41) is 6.11. The van der Waals surface area contributed by atoms with Crippen molar-refractivity contribution in [1.29, 1.82) is 0 Å². The minimum Gasteiger partial charge on any atom is -0.356 e. The molecular formula is C13H29N3O. The molecule has 0 aliphatic carbocycles. The van der Waals surface area contributed by atoms with Crippen LogP contribution in [0.4, 0.5) is 0 Å². The SMILES string of the molecule is CNCCCCCNC(=O)[C@H](C)CCCCN. The van der Waals surface area contributed by atoms with Gasteiger partial charge in [-0.2, -0.15) is 0 Å². The third-order valence-corrected chi connectivity index (χ3v) is 2.94. The van der Waals surface area contributed by atoms with Gasteiger partial charge >= 0.3 is 0 Å². The lowest BCUT2D eigenvalue weighted by Gasteiger charge is -2.11. The van der Waals surface area contributed by atoms with Crippen molar-refractivity contribution >= 4 is 5.91 Å². The topological polar surface area (TPSA) is 67.1 Å². The van der Waals surface area contributed by atoms with Gasteiger partial charge in [0.15, 0.2) is 0 Å². The van der Waals surface area contributed by atoms with Gasteiger partial charge in [-0.05, 0) is 45.8 Å². The monoisotopic (exact) mass is 243 g/mol. The highest BCUT2D eigenvalue weighted by Crippen LogP contribution is 2.07. The van der Waals surface area contributed by atoms with Crippen molar-refractivity contribution in [3.8, 4) is 0 Å². The fourth-order valence-electron chi connectivity index (χ4n) is 1.72. The first-order valence-corrected chi connectivity index (χ1v) is 6.84. The van der Waals surface area contributed by atoms with Gasteiger partial charge in [0.25, 0.3) is 0 Å². The minimum atomic E-state index is 0.124. The highest BCUT2D eigenvalue weighted by molar-refractivity contribution is 5.78. The number of hydrogen-bond donors (Lipinski definition) is 3. The number of amides is 1. The first-order chi connectivity index (χ1) is 8.22. The van der Waals surface area contributed by atoms with Gasteiger partial charge in [0.1, 0.15) is 0 Å². The Labute approximate surface area is 106 Å². The van der Waals surface area contributed by atoms with Crippen LogP contribution in [0.5, 0.6) is 0 Å². The normalized spacial score (nSPS) is 12.4. The van der Waals surface area contributed by atoms with Crippen LogP contribution in [0.3, 0.4) is 0 Å². The third kappa shape index (κ3) is 10.3.